The molecule has 7 nitrogen and oxygen atoms in total. The van der Waals surface area contributed by atoms with Crippen molar-refractivity contribution in [3.63, 3.8) is 0 Å². The number of hydrogen-bond donors (Lipinski definition) is 2. The van der Waals surface area contributed by atoms with Gasteiger partial charge in [0.25, 0.3) is 0 Å². The number of amides is 3. The number of para-hydroxylation sites is 1. The summed E-state index contributed by atoms with van der Waals surface area (Å²) < 4.78 is 40.4. The summed E-state index contributed by atoms with van der Waals surface area (Å²) in [6, 6.07) is 16.7. The maximum atomic E-state index is 12.9. The van der Waals surface area contributed by atoms with Crippen LogP contribution in [0.25, 0.3) is 16.9 Å². The lowest BCUT2D eigenvalue weighted by atomic mass is 10.0. The van der Waals surface area contributed by atoms with Crippen LogP contribution in [0.5, 0.6) is 0 Å². The summed E-state index contributed by atoms with van der Waals surface area (Å²) in [5, 5.41) is 9.39. The van der Waals surface area contributed by atoms with E-state index in [2.05, 4.69) is 28.7 Å². The smallest absolute Gasteiger partial charge is 0.335 e. The van der Waals surface area contributed by atoms with E-state index in [0.29, 0.717) is 10.6 Å². The maximum absolute atomic E-state index is 12.9. The number of carbonyl (C=O) groups is 2. The average molecular weight is 471 g/mol. The minimum atomic E-state index is -4.62. The molecule has 3 amide bonds. The molecule has 0 bridgehead atoms. The molecule has 1 saturated heterocycles. The van der Waals surface area contributed by atoms with E-state index < -0.39 is 30.7 Å². The first-order chi connectivity index (χ1) is 16.2. The van der Waals surface area contributed by atoms with Gasteiger partial charge in [0.15, 0.2) is 5.82 Å². The predicted octanol–water partition coefficient (Wildman–Crippen LogP) is 4.39. The molecule has 0 spiro atoms. The zero-order valence-corrected chi connectivity index (χ0v) is 18.5. The summed E-state index contributed by atoms with van der Waals surface area (Å²) in [5.74, 6) is -0.567. The fourth-order valence-corrected chi connectivity index (χ4v) is 3.94. The Morgan fingerprint density at radius 3 is 2.62 bits per heavy atom. The Hall–Kier alpha value is -3.82. The van der Waals surface area contributed by atoms with Crippen molar-refractivity contribution in [2.75, 3.05) is 18.4 Å². The van der Waals surface area contributed by atoms with E-state index in [9.17, 15) is 22.8 Å². The largest absolute Gasteiger partial charge is 0.406 e. The molecular weight excluding hydrogens is 447 g/mol. The number of aryl methyl sites for hydroxylation is 1. The minimum Gasteiger partial charge on any atom is -0.335 e. The standard InChI is InChI=1S/C24H24F3N5O2/c1-2-7-16-8-6-9-17(12-16)19-13-21(30-32(19)18-10-4-3-5-11-18)29-22(33)20-14-28-23(34)31(20)15-24(25,26)27/h3-6,8-13,20H,2,7,14-15H2,1H3,(H,28,34)(H,29,30,33)/t20-/m1/s1. The van der Waals surface area contributed by atoms with Crippen molar-refractivity contribution in [1.82, 2.24) is 20.0 Å². The minimum absolute atomic E-state index is 0.177. The molecule has 1 aliphatic heterocycles. The quantitative estimate of drug-likeness (QED) is 0.537. The second kappa shape index (κ2) is 9.58. The molecule has 3 aromatic rings. The summed E-state index contributed by atoms with van der Waals surface area (Å²) in [7, 11) is 0. The monoisotopic (exact) mass is 471 g/mol. The second-order valence-corrected chi connectivity index (χ2v) is 8.05. The van der Waals surface area contributed by atoms with E-state index in [0.717, 1.165) is 29.7 Å². The third kappa shape index (κ3) is 5.22. The van der Waals surface area contributed by atoms with Crippen molar-refractivity contribution in [2.45, 2.75) is 32.0 Å². The molecule has 0 radical (unpaired) electrons. The number of aromatic nitrogens is 2. The molecule has 1 aliphatic rings. The Morgan fingerprint density at radius 2 is 1.91 bits per heavy atom. The van der Waals surface area contributed by atoms with Gasteiger partial charge < -0.3 is 15.5 Å². The first-order valence-electron chi connectivity index (χ1n) is 10.9. The fourth-order valence-electron chi connectivity index (χ4n) is 3.94. The van der Waals surface area contributed by atoms with E-state index in [1.54, 1.807) is 10.7 Å². The van der Waals surface area contributed by atoms with Gasteiger partial charge in [-0.05, 0) is 30.2 Å². The Bertz CT molecular complexity index is 1180. The van der Waals surface area contributed by atoms with Gasteiger partial charge >= 0.3 is 12.2 Å². The van der Waals surface area contributed by atoms with Crippen LogP contribution in [0.1, 0.15) is 18.9 Å². The molecule has 0 saturated carbocycles. The lowest BCUT2D eigenvalue weighted by Gasteiger charge is -2.23. The zero-order chi connectivity index (χ0) is 24.3. The lowest BCUT2D eigenvalue weighted by Crippen LogP contribution is -2.46. The van der Waals surface area contributed by atoms with Gasteiger partial charge in [0.1, 0.15) is 12.6 Å². The SMILES string of the molecule is CCCc1cccc(-c2cc(NC(=O)[C@H]3CNC(=O)N3CC(F)(F)F)nn2-c2ccccc2)c1. The van der Waals surface area contributed by atoms with E-state index in [1.165, 1.54) is 0 Å². The number of rotatable bonds is 7. The van der Waals surface area contributed by atoms with Crippen LogP contribution in [0, 0.1) is 0 Å². The van der Waals surface area contributed by atoms with Crippen molar-refractivity contribution >= 4 is 17.8 Å². The third-order valence-electron chi connectivity index (χ3n) is 5.46. The maximum Gasteiger partial charge on any atom is 0.406 e. The van der Waals surface area contributed by atoms with Gasteiger partial charge in [-0.2, -0.15) is 13.2 Å². The van der Waals surface area contributed by atoms with Gasteiger partial charge in [-0.3, -0.25) is 4.79 Å². The lowest BCUT2D eigenvalue weighted by molar-refractivity contribution is -0.144. The number of hydrogen-bond acceptors (Lipinski definition) is 3. The summed E-state index contributed by atoms with van der Waals surface area (Å²) in [6.07, 6.45) is -2.72. The van der Waals surface area contributed by atoms with E-state index in [4.69, 9.17) is 0 Å². The molecule has 1 fully saturated rings. The molecule has 1 aromatic heterocycles. The Balaban J connectivity index is 1.65. The van der Waals surface area contributed by atoms with Crippen LogP contribution < -0.4 is 10.6 Å². The Labute approximate surface area is 194 Å². The van der Waals surface area contributed by atoms with E-state index in [-0.39, 0.29) is 12.4 Å². The Kier molecular flexibility index (Phi) is 6.58. The van der Waals surface area contributed by atoms with Crippen LogP contribution >= 0.6 is 0 Å². The molecule has 1 atom stereocenters. The highest BCUT2D eigenvalue weighted by Gasteiger charge is 2.43. The fraction of sp³-hybridized carbons (Fsp3) is 0.292. The van der Waals surface area contributed by atoms with Crippen molar-refractivity contribution in [1.29, 1.82) is 0 Å². The van der Waals surface area contributed by atoms with Crippen LogP contribution in [0.2, 0.25) is 0 Å². The number of anilines is 1. The number of nitrogens with zero attached hydrogens (tertiary/aromatic N) is 3. The predicted molar refractivity (Wildman–Crippen MR) is 122 cm³/mol. The number of alkyl halides is 3. The number of carbonyl (C=O) groups excluding carboxylic acids is 2. The Morgan fingerprint density at radius 1 is 1.15 bits per heavy atom. The third-order valence-corrected chi connectivity index (χ3v) is 5.46. The number of nitrogens with one attached hydrogen (secondary N) is 2. The van der Waals surface area contributed by atoms with Crippen LogP contribution in [0.15, 0.2) is 60.7 Å². The molecule has 0 unspecified atom stereocenters. The molecule has 34 heavy (non-hydrogen) atoms. The van der Waals surface area contributed by atoms with Crippen molar-refractivity contribution in [3.05, 3.63) is 66.2 Å². The molecular formula is C24H24F3N5O2. The normalized spacial score (nSPS) is 15.9. The molecule has 2 aromatic carbocycles. The van der Waals surface area contributed by atoms with Crippen LogP contribution in [-0.2, 0) is 11.2 Å². The van der Waals surface area contributed by atoms with Gasteiger partial charge in [-0.1, -0.05) is 49.7 Å². The molecule has 178 valence electrons. The van der Waals surface area contributed by atoms with Crippen molar-refractivity contribution < 1.29 is 22.8 Å². The molecule has 2 N–H and O–H groups in total. The number of urea groups is 1. The highest BCUT2D eigenvalue weighted by Crippen LogP contribution is 2.28. The van der Waals surface area contributed by atoms with Crippen LogP contribution in [0.3, 0.4) is 0 Å². The molecule has 2 heterocycles. The van der Waals surface area contributed by atoms with Crippen molar-refractivity contribution in [2.24, 2.45) is 0 Å². The average Bonchev–Trinajstić information content (AvgIpc) is 3.37. The highest BCUT2D eigenvalue weighted by atomic mass is 19.4. The second-order valence-electron chi connectivity index (χ2n) is 8.05. The first-order valence-corrected chi connectivity index (χ1v) is 10.9. The first kappa shape index (κ1) is 23.3. The van der Waals surface area contributed by atoms with Gasteiger partial charge in [-0.15, -0.1) is 5.10 Å². The molecule has 4 rings (SSSR count). The van der Waals surface area contributed by atoms with Gasteiger partial charge in [0.2, 0.25) is 5.91 Å². The van der Waals surface area contributed by atoms with Crippen LogP contribution in [-0.4, -0.2) is 51.9 Å². The zero-order valence-electron chi connectivity index (χ0n) is 18.5. The molecule has 10 heteroatoms. The van der Waals surface area contributed by atoms with Gasteiger partial charge in [0.05, 0.1) is 11.4 Å². The summed E-state index contributed by atoms with van der Waals surface area (Å²) in [6.45, 7) is 0.371. The van der Waals surface area contributed by atoms with Gasteiger partial charge in [0, 0.05) is 18.2 Å². The van der Waals surface area contributed by atoms with Gasteiger partial charge in [-0.25, -0.2) is 9.48 Å². The van der Waals surface area contributed by atoms with E-state index in [1.807, 2.05) is 48.5 Å². The topological polar surface area (TPSA) is 79.3 Å². The van der Waals surface area contributed by atoms with Crippen molar-refractivity contribution in [3.8, 4) is 16.9 Å². The number of halogens is 3. The van der Waals surface area contributed by atoms with E-state index >= 15 is 0 Å². The highest BCUT2D eigenvalue weighted by molar-refractivity contribution is 5.98. The summed E-state index contributed by atoms with van der Waals surface area (Å²) in [4.78, 5) is 25.2. The molecule has 0 aliphatic carbocycles. The van der Waals surface area contributed by atoms with Crippen LogP contribution in [0.4, 0.5) is 23.8 Å². The summed E-state index contributed by atoms with van der Waals surface area (Å²) >= 11 is 0. The number of benzene rings is 2. The summed E-state index contributed by atoms with van der Waals surface area (Å²) in [5.41, 5.74) is 3.52.